The third-order valence-electron chi connectivity index (χ3n) is 4.84. The first kappa shape index (κ1) is 18.7. The Hall–Kier alpha value is -3.08. The Morgan fingerprint density at radius 3 is 2.41 bits per heavy atom. The van der Waals surface area contributed by atoms with E-state index in [9.17, 15) is 4.79 Å². The molecule has 2 aromatic carbocycles. The molecule has 27 heavy (non-hydrogen) atoms. The number of nitrogens with zero attached hydrogens (tertiary/aromatic N) is 3. The zero-order valence-electron chi connectivity index (χ0n) is 16.2. The van der Waals surface area contributed by atoms with Crippen LogP contribution in [0.1, 0.15) is 35.4 Å². The summed E-state index contributed by atoms with van der Waals surface area (Å²) in [7, 11) is 5.30. The molecule has 0 spiro atoms. The average Bonchev–Trinajstić information content (AvgIpc) is 3.10. The highest BCUT2D eigenvalue weighted by molar-refractivity contribution is 5.93. The predicted molar refractivity (Wildman–Crippen MR) is 107 cm³/mol. The Bertz CT molecular complexity index is 901. The number of benzene rings is 2. The summed E-state index contributed by atoms with van der Waals surface area (Å²) in [6, 6.07) is 19.6. The van der Waals surface area contributed by atoms with E-state index in [4.69, 9.17) is 4.74 Å². The molecular formula is C22H25N3O2. The third kappa shape index (κ3) is 3.87. The second-order valence-corrected chi connectivity index (χ2v) is 6.52. The molecule has 0 radical (unpaired) electrons. The normalized spacial score (nSPS) is 11.9. The maximum Gasteiger partial charge on any atom is 0.272 e. The van der Waals surface area contributed by atoms with Gasteiger partial charge in [-0.15, -0.1) is 0 Å². The molecular weight excluding hydrogens is 338 g/mol. The van der Waals surface area contributed by atoms with Crippen LogP contribution in [0.25, 0.3) is 11.3 Å². The topological polar surface area (TPSA) is 47.4 Å². The highest BCUT2D eigenvalue weighted by Crippen LogP contribution is 2.27. The Labute approximate surface area is 160 Å². The van der Waals surface area contributed by atoms with Gasteiger partial charge < -0.3 is 9.64 Å². The summed E-state index contributed by atoms with van der Waals surface area (Å²) in [6.45, 7) is 2.08. The fraction of sp³-hybridized carbons (Fsp3) is 0.273. The zero-order valence-corrected chi connectivity index (χ0v) is 16.2. The monoisotopic (exact) mass is 363 g/mol. The summed E-state index contributed by atoms with van der Waals surface area (Å²) in [5.41, 5.74) is 3.45. The van der Waals surface area contributed by atoms with Crippen LogP contribution in [0, 0.1) is 0 Å². The number of rotatable bonds is 6. The molecule has 140 valence electrons. The van der Waals surface area contributed by atoms with Crippen molar-refractivity contribution in [3.8, 4) is 17.0 Å². The molecule has 0 N–H and O–H groups in total. The number of amides is 1. The van der Waals surface area contributed by atoms with Crippen molar-refractivity contribution < 1.29 is 9.53 Å². The zero-order chi connectivity index (χ0) is 19.4. The van der Waals surface area contributed by atoms with Crippen LogP contribution in [0.15, 0.2) is 60.7 Å². The van der Waals surface area contributed by atoms with Crippen LogP contribution in [-0.2, 0) is 7.05 Å². The third-order valence-corrected chi connectivity index (χ3v) is 4.84. The van der Waals surface area contributed by atoms with Crippen molar-refractivity contribution in [2.45, 2.75) is 19.4 Å². The molecule has 1 heterocycles. The summed E-state index contributed by atoms with van der Waals surface area (Å²) in [5, 5.41) is 4.52. The van der Waals surface area contributed by atoms with Gasteiger partial charge in [-0.3, -0.25) is 9.48 Å². The van der Waals surface area contributed by atoms with Gasteiger partial charge in [0.1, 0.15) is 11.4 Å². The summed E-state index contributed by atoms with van der Waals surface area (Å²) < 4.78 is 6.88. The summed E-state index contributed by atoms with van der Waals surface area (Å²) >= 11 is 0. The van der Waals surface area contributed by atoms with Crippen molar-refractivity contribution >= 4 is 5.91 Å². The minimum atomic E-state index is -0.0464. The van der Waals surface area contributed by atoms with E-state index in [1.54, 1.807) is 16.7 Å². The van der Waals surface area contributed by atoms with E-state index in [1.807, 2.05) is 74.8 Å². The lowest BCUT2D eigenvalue weighted by molar-refractivity contribution is 0.0715. The second kappa shape index (κ2) is 8.08. The van der Waals surface area contributed by atoms with Crippen LogP contribution in [0.5, 0.6) is 5.75 Å². The predicted octanol–water partition coefficient (Wildman–Crippen LogP) is 4.32. The molecule has 1 aromatic heterocycles. The van der Waals surface area contributed by atoms with Crippen LogP contribution in [0.2, 0.25) is 0 Å². The van der Waals surface area contributed by atoms with Gasteiger partial charge in [0, 0.05) is 19.7 Å². The minimum absolute atomic E-state index is 0.0153. The number of hydrogen-bond acceptors (Lipinski definition) is 3. The van der Waals surface area contributed by atoms with Crippen molar-refractivity contribution in [1.82, 2.24) is 14.7 Å². The standard InChI is InChI=1S/C22H25N3O2/c1-5-20(17-11-13-18(27-4)14-12-17)24(2)22(26)21-15-19(23-25(21)3)16-9-7-6-8-10-16/h6-15,20H,5H2,1-4H3/t20-/m1/s1. The fourth-order valence-electron chi connectivity index (χ4n) is 3.30. The van der Waals surface area contributed by atoms with Crippen LogP contribution < -0.4 is 4.74 Å². The van der Waals surface area contributed by atoms with E-state index in [0.717, 1.165) is 29.0 Å². The van der Waals surface area contributed by atoms with Crippen LogP contribution in [0.3, 0.4) is 0 Å². The van der Waals surface area contributed by atoms with Crippen molar-refractivity contribution in [1.29, 1.82) is 0 Å². The molecule has 1 atom stereocenters. The molecule has 1 amide bonds. The fourth-order valence-corrected chi connectivity index (χ4v) is 3.30. The molecule has 0 saturated carbocycles. The van der Waals surface area contributed by atoms with Crippen LogP contribution in [0.4, 0.5) is 0 Å². The van der Waals surface area contributed by atoms with Crippen molar-refractivity contribution in [2.75, 3.05) is 14.2 Å². The van der Waals surface area contributed by atoms with Gasteiger partial charge in [-0.2, -0.15) is 5.10 Å². The summed E-state index contributed by atoms with van der Waals surface area (Å²) in [4.78, 5) is 14.9. The molecule has 0 fully saturated rings. The SMILES string of the molecule is CC[C@H](c1ccc(OC)cc1)N(C)C(=O)c1cc(-c2ccccc2)nn1C. The number of ether oxygens (including phenoxy) is 1. The average molecular weight is 363 g/mol. The molecule has 0 saturated heterocycles. The van der Waals surface area contributed by atoms with Gasteiger partial charge in [-0.25, -0.2) is 0 Å². The lowest BCUT2D eigenvalue weighted by Gasteiger charge is -2.27. The first-order valence-electron chi connectivity index (χ1n) is 9.05. The van der Waals surface area contributed by atoms with Gasteiger partial charge in [0.15, 0.2) is 0 Å². The van der Waals surface area contributed by atoms with E-state index < -0.39 is 0 Å². The molecule has 3 aromatic rings. The van der Waals surface area contributed by atoms with Gasteiger partial charge in [0.05, 0.1) is 18.8 Å². The molecule has 0 aliphatic rings. The van der Waals surface area contributed by atoms with Crippen molar-refractivity contribution in [2.24, 2.45) is 7.05 Å². The lowest BCUT2D eigenvalue weighted by atomic mass is 10.0. The van der Waals surface area contributed by atoms with Gasteiger partial charge in [0.25, 0.3) is 5.91 Å². The highest BCUT2D eigenvalue weighted by Gasteiger charge is 2.24. The molecule has 3 rings (SSSR count). The van der Waals surface area contributed by atoms with E-state index in [1.165, 1.54) is 0 Å². The molecule has 0 aliphatic carbocycles. The summed E-state index contributed by atoms with van der Waals surface area (Å²) in [5.74, 6) is 0.761. The number of aromatic nitrogens is 2. The van der Waals surface area contributed by atoms with E-state index >= 15 is 0 Å². The Balaban J connectivity index is 1.86. The number of carbonyl (C=O) groups excluding carboxylic acids is 1. The minimum Gasteiger partial charge on any atom is -0.497 e. The molecule has 0 bridgehead atoms. The highest BCUT2D eigenvalue weighted by atomic mass is 16.5. The first-order valence-corrected chi connectivity index (χ1v) is 9.05. The number of aryl methyl sites for hydroxylation is 1. The van der Waals surface area contributed by atoms with Gasteiger partial charge in [-0.1, -0.05) is 49.4 Å². The number of hydrogen-bond donors (Lipinski definition) is 0. The molecule has 5 nitrogen and oxygen atoms in total. The van der Waals surface area contributed by atoms with Crippen LogP contribution in [-0.4, -0.2) is 34.7 Å². The van der Waals surface area contributed by atoms with Crippen LogP contribution >= 0.6 is 0 Å². The lowest BCUT2D eigenvalue weighted by Crippen LogP contribution is -2.32. The Morgan fingerprint density at radius 2 is 1.81 bits per heavy atom. The van der Waals surface area contributed by atoms with Gasteiger partial charge >= 0.3 is 0 Å². The largest absolute Gasteiger partial charge is 0.497 e. The van der Waals surface area contributed by atoms with Crippen molar-refractivity contribution in [3.05, 3.63) is 71.9 Å². The maximum atomic E-state index is 13.1. The Morgan fingerprint density at radius 1 is 1.15 bits per heavy atom. The van der Waals surface area contributed by atoms with E-state index in [0.29, 0.717) is 5.69 Å². The second-order valence-electron chi connectivity index (χ2n) is 6.52. The summed E-state index contributed by atoms with van der Waals surface area (Å²) in [6.07, 6.45) is 0.817. The van der Waals surface area contributed by atoms with E-state index in [2.05, 4.69) is 12.0 Å². The smallest absolute Gasteiger partial charge is 0.272 e. The molecule has 5 heteroatoms. The van der Waals surface area contributed by atoms with Crippen molar-refractivity contribution in [3.63, 3.8) is 0 Å². The quantitative estimate of drug-likeness (QED) is 0.655. The molecule has 0 unspecified atom stereocenters. The van der Waals surface area contributed by atoms with E-state index in [-0.39, 0.29) is 11.9 Å². The first-order chi connectivity index (χ1) is 13.0. The maximum absolute atomic E-state index is 13.1. The van der Waals surface area contributed by atoms with Gasteiger partial charge in [-0.05, 0) is 30.2 Å². The molecule has 0 aliphatic heterocycles. The number of methoxy groups -OCH3 is 1. The Kier molecular flexibility index (Phi) is 5.60. The van der Waals surface area contributed by atoms with Gasteiger partial charge in [0.2, 0.25) is 0 Å². The number of carbonyl (C=O) groups is 1.